The molecule has 4 aromatic rings. The molecule has 0 radical (unpaired) electrons. The molecule has 0 aromatic heterocycles. The van der Waals surface area contributed by atoms with Crippen LogP contribution in [0.5, 0.6) is 11.5 Å². The number of nitrogens with zero attached hydrogens (tertiary/aromatic N) is 2. The molecule has 5 rings (SSSR count). The first kappa shape index (κ1) is 22.1. The van der Waals surface area contributed by atoms with E-state index in [4.69, 9.17) is 0 Å². The fraction of sp³-hybridized carbons (Fsp3) is 0.111. The van der Waals surface area contributed by atoms with Crippen LogP contribution in [-0.2, 0) is 5.41 Å². The smallest absolute Gasteiger partial charge is 0.311 e. The highest BCUT2D eigenvalue weighted by atomic mass is 16.6. The maximum atomic E-state index is 11.7. The molecule has 0 spiro atoms. The number of aromatic hydroxyl groups is 2. The summed E-state index contributed by atoms with van der Waals surface area (Å²) in [5, 5.41) is 43.8. The van der Waals surface area contributed by atoms with Crippen LogP contribution in [0.15, 0.2) is 72.8 Å². The quantitative estimate of drug-likeness (QED) is 0.250. The van der Waals surface area contributed by atoms with Crippen LogP contribution in [-0.4, -0.2) is 20.1 Å². The molecule has 0 heterocycles. The zero-order valence-electron chi connectivity index (χ0n) is 18.9. The van der Waals surface area contributed by atoms with Crippen LogP contribution in [0.25, 0.3) is 11.1 Å². The third kappa shape index (κ3) is 3.14. The van der Waals surface area contributed by atoms with Crippen molar-refractivity contribution >= 4 is 11.4 Å². The molecule has 0 atom stereocenters. The SMILES string of the molecule is Cc1ccc2c(c1)C(c1ccc(O)c([N+](=O)[O-])c1)(c1ccc(O)c([N+](=O)[O-])c1)c1cc(C)ccc1-2. The van der Waals surface area contributed by atoms with Gasteiger partial charge in [0.1, 0.15) is 0 Å². The van der Waals surface area contributed by atoms with Crippen LogP contribution in [0.3, 0.4) is 0 Å². The minimum absolute atomic E-state index is 0.467. The Bertz CT molecular complexity index is 1440. The average Bonchev–Trinajstić information content (AvgIpc) is 3.08. The first-order valence-corrected chi connectivity index (χ1v) is 10.8. The molecule has 8 heteroatoms. The fourth-order valence-electron chi connectivity index (χ4n) is 5.15. The highest BCUT2D eigenvalue weighted by Crippen LogP contribution is 2.57. The number of phenolic OH excluding ortho intramolecular Hbond substituents is 2. The van der Waals surface area contributed by atoms with Crippen molar-refractivity contribution in [3.05, 3.63) is 126 Å². The second-order valence-electron chi connectivity index (χ2n) is 8.77. The summed E-state index contributed by atoms with van der Waals surface area (Å²) in [4.78, 5) is 22.2. The van der Waals surface area contributed by atoms with Gasteiger partial charge < -0.3 is 10.2 Å². The highest BCUT2D eigenvalue weighted by Gasteiger charge is 2.47. The van der Waals surface area contributed by atoms with Gasteiger partial charge in [-0.05, 0) is 59.4 Å². The third-order valence-corrected chi connectivity index (χ3v) is 6.66. The lowest BCUT2D eigenvalue weighted by Crippen LogP contribution is -2.29. The summed E-state index contributed by atoms with van der Waals surface area (Å²) in [6, 6.07) is 20.2. The number of phenols is 2. The van der Waals surface area contributed by atoms with E-state index >= 15 is 0 Å². The number of rotatable bonds is 4. The zero-order chi connectivity index (χ0) is 25.1. The lowest BCUT2D eigenvalue weighted by molar-refractivity contribution is -0.386. The molecule has 1 aliphatic rings. The van der Waals surface area contributed by atoms with E-state index in [0.717, 1.165) is 33.4 Å². The molecule has 0 aliphatic heterocycles. The first-order chi connectivity index (χ1) is 16.6. The van der Waals surface area contributed by atoms with Crippen molar-refractivity contribution in [2.45, 2.75) is 19.3 Å². The van der Waals surface area contributed by atoms with E-state index in [1.807, 2.05) is 50.2 Å². The molecular weight excluding hydrogens is 448 g/mol. The van der Waals surface area contributed by atoms with Crippen molar-refractivity contribution in [3.8, 4) is 22.6 Å². The Balaban J connectivity index is 2.00. The lowest BCUT2D eigenvalue weighted by Gasteiger charge is -2.34. The maximum absolute atomic E-state index is 11.7. The number of fused-ring (bicyclic) bond motifs is 3. The number of benzene rings is 4. The molecule has 4 aromatic carbocycles. The molecule has 0 unspecified atom stereocenters. The van der Waals surface area contributed by atoms with Crippen molar-refractivity contribution in [2.75, 3.05) is 0 Å². The van der Waals surface area contributed by atoms with E-state index in [-0.39, 0.29) is 0 Å². The van der Waals surface area contributed by atoms with E-state index in [1.165, 1.54) is 24.3 Å². The molecule has 35 heavy (non-hydrogen) atoms. The standard InChI is InChI=1S/C27H20N2O6/c1-15-3-7-19-20-8-4-16(2)12-22(20)27(21(19)11-15,17-5-9-25(30)23(13-17)28(32)33)18-6-10-26(31)24(14-18)29(34)35/h3-14,30-31H,1-2H3. The predicted molar refractivity (Wildman–Crippen MR) is 130 cm³/mol. The number of hydrogen-bond donors (Lipinski definition) is 2. The Morgan fingerprint density at radius 3 is 1.40 bits per heavy atom. The summed E-state index contributed by atoms with van der Waals surface area (Å²) in [5.41, 5.74) is 4.13. The van der Waals surface area contributed by atoms with Gasteiger partial charge in [-0.2, -0.15) is 0 Å². The van der Waals surface area contributed by atoms with Gasteiger partial charge in [0.05, 0.1) is 15.3 Å². The summed E-state index contributed by atoms with van der Waals surface area (Å²) in [6.45, 7) is 3.86. The van der Waals surface area contributed by atoms with Crippen molar-refractivity contribution in [2.24, 2.45) is 0 Å². The van der Waals surface area contributed by atoms with Crippen LogP contribution in [0.1, 0.15) is 33.4 Å². The minimum Gasteiger partial charge on any atom is -0.502 e. The summed E-state index contributed by atoms with van der Waals surface area (Å²) < 4.78 is 0. The Hall–Kier alpha value is -4.72. The Morgan fingerprint density at radius 1 is 0.629 bits per heavy atom. The van der Waals surface area contributed by atoms with Crippen molar-refractivity contribution in [1.82, 2.24) is 0 Å². The Morgan fingerprint density at radius 2 is 1.03 bits per heavy atom. The molecule has 0 bridgehead atoms. The Kier molecular flexibility index (Phi) is 4.84. The van der Waals surface area contributed by atoms with Crippen LogP contribution >= 0.6 is 0 Å². The van der Waals surface area contributed by atoms with E-state index in [1.54, 1.807) is 12.1 Å². The second-order valence-corrected chi connectivity index (χ2v) is 8.77. The average molecular weight is 468 g/mol. The fourth-order valence-corrected chi connectivity index (χ4v) is 5.15. The van der Waals surface area contributed by atoms with Gasteiger partial charge in [-0.1, -0.05) is 59.7 Å². The first-order valence-electron chi connectivity index (χ1n) is 10.8. The highest BCUT2D eigenvalue weighted by molar-refractivity contribution is 5.87. The number of nitro groups is 2. The summed E-state index contributed by atoms with van der Waals surface area (Å²) in [7, 11) is 0. The Labute approximate surface area is 200 Å². The van der Waals surface area contributed by atoms with Crippen molar-refractivity contribution in [1.29, 1.82) is 0 Å². The van der Waals surface area contributed by atoms with Gasteiger partial charge in [0.25, 0.3) is 0 Å². The summed E-state index contributed by atoms with van der Waals surface area (Å²) in [6.07, 6.45) is 0. The largest absolute Gasteiger partial charge is 0.502 e. The molecular formula is C27H20N2O6. The zero-order valence-corrected chi connectivity index (χ0v) is 18.9. The van der Waals surface area contributed by atoms with E-state index in [2.05, 4.69) is 0 Å². The predicted octanol–water partition coefficient (Wildman–Crippen LogP) is 5.89. The van der Waals surface area contributed by atoms with Crippen LogP contribution in [0.4, 0.5) is 11.4 Å². The van der Waals surface area contributed by atoms with Gasteiger partial charge in [0, 0.05) is 12.1 Å². The summed E-state index contributed by atoms with van der Waals surface area (Å²) in [5.74, 6) is -0.949. The molecule has 1 aliphatic carbocycles. The third-order valence-electron chi connectivity index (χ3n) is 6.66. The van der Waals surface area contributed by atoms with Crippen molar-refractivity contribution < 1.29 is 20.1 Å². The van der Waals surface area contributed by atoms with Gasteiger partial charge >= 0.3 is 11.4 Å². The van der Waals surface area contributed by atoms with Gasteiger partial charge in [-0.3, -0.25) is 20.2 Å². The molecule has 174 valence electrons. The monoisotopic (exact) mass is 468 g/mol. The van der Waals surface area contributed by atoms with E-state index in [9.17, 15) is 30.4 Å². The van der Waals surface area contributed by atoms with Gasteiger partial charge in [-0.25, -0.2) is 0 Å². The number of aryl methyl sites for hydroxylation is 2. The number of hydrogen-bond acceptors (Lipinski definition) is 6. The number of nitro benzene ring substituents is 2. The minimum atomic E-state index is -1.17. The van der Waals surface area contributed by atoms with Gasteiger partial charge in [0.2, 0.25) is 0 Å². The van der Waals surface area contributed by atoms with Crippen molar-refractivity contribution in [3.63, 3.8) is 0 Å². The van der Waals surface area contributed by atoms with Crippen LogP contribution in [0.2, 0.25) is 0 Å². The van der Waals surface area contributed by atoms with E-state index < -0.39 is 38.1 Å². The molecule has 0 saturated heterocycles. The van der Waals surface area contributed by atoms with Crippen LogP contribution in [0, 0.1) is 34.1 Å². The van der Waals surface area contributed by atoms with Gasteiger partial charge in [0.15, 0.2) is 11.5 Å². The van der Waals surface area contributed by atoms with Crippen LogP contribution < -0.4 is 0 Å². The molecule has 0 fully saturated rings. The molecule has 8 nitrogen and oxygen atoms in total. The van der Waals surface area contributed by atoms with Gasteiger partial charge in [-0.15, -0.1) is 0 Å². The topological polar surface area (TPSA) is 127 Å². The molecule has 2 N–H and O–H groups in total. The van der Waals surface area contributed by atoms with E-state index in [0.29, 0.717) is 11.1 Å². The molecule has 0 saturated carbocycles. The lowest BCUT2D eigenvalue weighted by atomic mass is 9.67. The summed E-state index contributed by atoms with van der Waals surface area (Å²) >= 11 is 0. The maximum Gasteiger partial charge on any atom is 0.311 e. The normalized spacial score (nSPS) is 13.2. The molecule has 0 amide bonds. The second kappa shape index (κ2) is 7.66.